The van der Waals surface area contributed by atoms with Gasteiger partial charge in [0.1, 0.15) is 0 Å². The zero-order valence-electron chi connectivity index (χ0n) is 11.5. The molecule has 0 aliphatic carbocycles. The van der Waals surface area contributed by atoms with Crippen molar-refractivity contribution in [1.29, 1.82) is 0 Å². The van der Waals surface area contributed by atoms with Gasteiger partial charge in [-0.3, -0.25) is 9.58 Å². The second-order valence-electron chi connectivity index (χ2n) is 4.99. The van der Waals surface area contributed by atoms with Gasteiger partial charge in [-0.2, -0.15) is 5.10 Å². The molecule has 2 rings (SSSR count). The molecule has 102 valence electrons. The van der Waals surface area contributed by atoms with Crippen LogP contribution in [0.3, 0.4) is 0 Å². The summed E-state index contributed by atoms with van der Waals surface area (Å²) in [6, 6.07) is 0.457. The molecule has 0 radical (unpaired) electrons. The van der Waals surface area contributed by atoms with E-state index in [2.05, 4.69) is 23.8 Å². The highest BCUT2D eigenvalue weighted by Crippen LogP contribution is 2.18. The lowest BCUT2D eigenvalue weighted by Gasteiger charge is -2.33. The van der Waals surface area contributed by atoms with Crippen molar-refractivity contribution in [2.75, 3.05) is 26.4 Å². The Hall–Kier alpha value is -0.910. The van der Waals surface area contributed by atoms with Crippen molar-refractivity contribution in [3.05, 3.63) is 17.0 Å². The van der Waals surface area contributed by atoms with Gasteiger partial charge in [-0.05, 0) is 20.8 Å². The normalized spacial score (nSPS) is 21.4. The monoisotopic (exact) mass is 253 g/mol. The molecule has 0 aromatic carbocycles. The lowest BCUT2D eigenvalue weighted by atomic mass is 10.1. The molecule has 0 amide bonds. The van der Waals surface area contributed by atoms with E-state index < -0.39 is 0 Å². The minimum absolute atomic E-state index is 0.134. The van der Waals surface area contributed by atoms with Crippen LogP contribution in [0.5, 0.6) is 0 Å². The highest BCUT2D eigenvalue weighted by molar-refractivity contribution is 5.24. The number of hydrogen-bond acceptors (Lipinski definition) is 4. The van der Waals surface area contributed by atoms with Crippen LogP contribution in [0.25, 0.3) is 0 Å². The van der Waals surface area contributed by atoms with Crippen molar-refractivity contribution in [3.63, 3.8) is 0 Å². The Balaban J connectivity index is 2.12. The predicted molar refractivity (Wildman–Crippen MR) is 69.5 cm³/mol. The standard InChI is InChI=1S/C13H23N3O2/c1-10-9-18-7-5-15(10)8-13-11(2)14-16(4-6-17)12(13)3/h10,17H,4-9H2,1-3H3. The van der Waals surface area contributed by atoms with Crippen molar-refractivity contribution in [2.45, 2.75) is 39.9 Å². The molecule has 18 heavy (non-hydrogen) atoms. The number of hydrogen-bond donors (Lipinski definition) is 1. The van der Waals surface area contributed by atoms with Crippen molar-refractivity contribution in [3.8, 4) is 0 Å². The molecule has 1 unspecified atom stereocenters. The largest absolute Gasteiger partial charge is 0.394 e. The average Bonchev–Trinajstić information content (AvgIpc) is 2.60. The smallest absolute Gasteiger partial charge is 0.0644 e. The van der Waals surface area contributed by atoms with Crippen LogP contribution >= 0.6 is 0 Å². The van der Waals surface area contributed by atoms with E-state index in [4.69, 9.17) is 9.84 Å². The molecular weight excluding hydrogens is 230 g/mol. The first-order chi connectivity index (χ1) is 8.63. The number of rotatable bonds is 4. The van der Waals surface area contributed by atoms with Crippen LogP contribution in [0.4, 0.5) is 0 Å². The van der Waals surface area contributed by atoms with Gasteiger partial charge < -0.3 is 9.84 Å². The van der Waals surface area contributed by atoms with Crippen LogP contribution in [-0.2, 0) is 17.8 Å². The van der Waals surface area contributed by atoms with Gasteiger partial charge in [0, 0.05) is 30.4 Å². The maximum atomic E-state index is 9.02. The zero-order chi connectivity index (χ0) is 13.1. The summed E-state index contributed by atoms with van der Waals surface area (Å²) < 4.78 is 7.36. The van der Waals surface area contributed by atoms with Crippen LogP contribution in [0.2, 0.25) is 0 Å². The van der Waals surface area contributed by atoms with E-state index in [9.17, 15) is 0 Å². The molecule has 1 aromatic heterocycles. The Morgan fingerprint density at radius 1 is 1.44 bits per heavy atom. The Labute approximate surface area is 108 Å². The molecule has 1 atom stereocenters. The van der Waals surface area contributed by atoms with Crippen LogP contribution in [0.15, 0.2) is 0 Å². The van der Waals surface area contributed by atoms with E-state index >= 15 is 0 Å². The SMILES string of the molecule is Cc1nn(CCO)c(C)c1CN1CCOCC1C. The lowest BCUT2D eigenvalue weighted by molar-refractivity contribution is -0.00454. The van der Waals surface area contributed by atoms with Crippen molar-refractivity contribution >= 4 is 0 Å². The first-order valence-electron chi connectivity index (χ1n) is 6.59. The van der Waals surface area contributed by atoms with Crippen molar-refractivity contribution in [1.82, 2.24) is 14.7 Å². The summed E-state index contributed by atoms with van der Waals surface area (Å²) >= 11 is 0. The molecule has 1 aromatic rings. The Kier molecular flexibility index (Phi) is 4.37. The van der Waals surface area contributed by atoms with Crippen LogP contribution < -0.4 is 0 Å². The number of morpholine rings is 1. The average molecular weight is 253 g/mol. The fourth-order valence-electron chi connectivity index (χ4n) is 2.47. The Morgan fingerprint density at radius 2 is 2.22 bits per heavy atom. The van der Waals surface area contributed by atoms with Crippen LogP contribution in [-0.4, -0.2) is 52.2 Å². The molecule has 5 nitrogen and oxygen atoms in total. The van der Waals surface area contributed by atoms with Gasteiger partial charge in [-0.15, -0.1) is 0 Å². The molecule has 0 saturated carbocycles. The fraction of sp³-hybridized carbons (Fsp3) is 0.769. The number of aryl methyl sites for hydroxylation is 1. The third-order valence-electron chi connectivity index (χ3n) is 3.71. The zero-order valence-corrected chi connectivity index (χ0v) is 11.5. The van der Waals surface area contributed by atoms with Gasteiger partial charge in [-0.1, -0.05) is 0 Å². The van der Waals surface area contributed by atoms with E-state index in [1.807, 2.05) is 11.6 Å². The highest BCUT2D eigenvalue weighted by Gasteiger charge is 2.21. The summed E-state index contributed by atoms with van der Waals surface area (Å²) in [6.45, 7) is 10.6. The van der Waals surface area contributed by atoms with E-state index in [-0.39, 0.29) is 6.61 Å². The fourth-order valence-corrected chi connectivity index (χ4v) is 2.47. The van der Waals surface area contributed by atoms with E-state index in [0.29, 0.717) is 12.6 Å². The predicted octanol–water partition coefficient (Wildman–Crippen LogP) is 0.713. The van der Waals surface area contributed by atoms with Gasteiger partial charge in [-0.25, -0.2) is 0 Å². The Morgan fingerprint density at radius 3 is 2.89 bits per heavy atom. The maximum absolute atomic E-state index is 9.02. The number of aliphatic hydroxyl groups excluding tert-OH is 1. The third-order valence-corrected chi connectivity index (χ3v) is 3.71. The summed E-state index contributed by atoms with van der Waals surface area (Å²) in [6.07, 6.45) is 0. The van der Waals surface area contributed by atoms with E-state index in [1.54, 1.807) is 0 Å². The molecule has 1 N–H and O–H groups in total. The summed E-state index contributed by atoms with van der Waals surface area (Å²) in [5.74, 6) is 0. The molecule has 1 aliphatic heterocycles. The molecule has 1 fully saturated rings. The summed E-state index contributed by atoms with van der Waals surface area (Å²) in [4.78, 5) is 2.43. The van der Waals surface area contributed by atoms with Crippen molar-refractivity contribution < 1.29 is 9.84 Å². The number of ether oxygens (including phenoxy) is 1. The minimum atomic E-state index is 0.134. The maximum Gasteiger partial charge on any atom is 0.0644 e. The quantitative estimate of drug-likeness (QED) is 0.859. The third kappa shape index (κ3) is 2.74. The van der Waals surface area contributed by atoms with E-state index in [0.717, 1.165) is 32.0 Å². The summed E-state index contributed by atoms with van der Waals surface area (Å²) in [5.41, 5.74) is 3.53. The number of nitrogens with zero attached hydrogens (tertiary/aromatic N) is 3. The summed E-state index contributed by atoms with van der Waals surface area (Å²) in [5, 5.41) is 13.5. The van der Waals surface area contributed by atoms with Crippen LogP contribution in [0, 0.1) is 13.8 Å². The molecule has 1 aliphatic rings. The van der Waals surface area contributed by atoms with Gasteiger partial charge in [0.15, 0.2) is 0 Å². The first-order valence-corrected chi connectivity index (χ1v) is 6.59. The second-order valence-corrected chi connectivity index (χ2v) is 4.99. The van der Waals surface area contributed by atoms with E-state index in [1.165, 1.54) is 11.3 Å². The molecule has 1 saturated heterocycles. The topological polar surface area (TPSA) is 50.5 Å². The van der Waals surface area contributed by atoms with Crippen LogP contribution in [0.1, 0.15) is 23.9 Å². The van der Waals surface area contributed by atoms with Gasteiger partial charge in [0.25, 0.3) is 0 Å². The lowest BCUT2D eigenvalue weighted by Crippen LogP contribution is -2.43. The molecule has 2 heterocycles. The van der Waals surface area contributed by atoms with Gasteiger partial charge in [0.2, 0.25) is 0 Å². The van der Waals surface area contributed by atoms with Gasteiger partial charge in [0.05, 0.1) is 32.1 Å². The highest BCUT2D eigenvalue weighted by atomic mass is 16.5. The van der Waals surface area contributed by atoms with Crippen molar-refractivity contribution in [2.24, 2.45) is 0 Å². The molecule has 0 bridgehead atoms. The first kappa shape index (κ1) is 13.5. The molecular formula is C13H23N3O2. The molecule has 5 heteroatoms. The van der Waals surface area contributed by atoms with Gasteiger partial charge >= 0.3 is 0 Å². The molecule has 0 spiro atoms. The minimum Gasteiger partial charge on any atom is -0.394 e. The second kappa shape index (κ2) is 5.82. The number of aliphatic hydroxyl groups is 1. The summed E-state index contributed by atoms with van der Waals surface area (Å²) in [7, 11) is 0. The number of aromatic nitrogens is 2. The Bertz CT molecular complexity index is 403.